The first kappa shape index (κ1) is 14.4. The molecule has 0 aliphatic carbocycles. The summed E-state index contributed by atoms with van der Waals surface area (Å²) in [6, 6.07) is 1.08. The number of hydrogen-bond acceptors (Lipinski definition) is 4. The molecule has 3 nitrogen and oxygen atoms in total. The highest BCUT2D eigenvalue weighted by Crippen LogP contribution is 2.37. The van der Waals surface area contributed by atoms with Crippen LogP contribution in [0.5, 0.6) is 0 Å². The van der Waals surface area contributed by atoms with Crippen molar-refractivity contribution < 1.29 is 9.09 Å². The van der Waals surface area contributed by atoms with Gasteiger partial charge in [-0.15, -0.1) is 4.52 Å². The van der Waals surface area contributed by atoms with Crippen molar-refractivity contribution in [1.82, 2.24) is 4.90 Å². The maximum absolute atomic E-state index is 11.0. The fourth-order valence-corrected chi connectivity index (χ4v) is 2.94. The van der Waals surface area contributed by atoms with Gasteiger partial charge < -0.3 is 0 Å². The van der Waals surface area contributed by atoms with Crippen LogP contribution in [0.4, 0.5) is 0 Å². The van der Waals surface area contributed by atoms with Gasteiger partial charge in [0.25, 0.3) is 0 Å². The van der Waals surface area contributed by atoms with Crippen molar-refractivity contribution in [2.45, 2.75) is 39.8 Å². The van der Waals surface area contributed by atoms with Crippen LogP contribution in [0.25, 0.3) is 0 Å². The molecule has 5 heteroatoms. The van der Waals surface area contributed by atoms with E-state index in [4.69, 9.17) is 4.52 Å². The van der Waals surface area contributed by atoms with Gasteiger partial charge in [-0.2, -0.15) is 0 Å². The molecule has 1 atom stereocenters. The van der Waals surface area contributed by atoms with Gasteiger partial charge in [0.15, 0.2) is 11.4 Å². The molecule has 0 rings (SSSR count). The third kappa shape index (κ3) is 5.97. The SMILES string of the molecule is CO[P+](=O)SCCN(C(C)C)C(C)C. The Kier molecular flexibility index (Phi) is 7.84. The van der Waals surface area contributed by atoms with Crippen LogP contribution >= 0.6 is 18.6 Å². The molecule has 0 aliphatic rings. The van der Waals surface area contributed by atoms with E-state index in [0.29, 0.717) is 12.1 Å². The molecule has 0 N–H and O–H groups in total. The van der Waals surface area contributed by atoms with Gasteiger partial charge in [0.05, 0.1) is 12.9 Å². The summed E-state index contributed by atoms with van der Waals surface area (Å²) < 4.78 is 15.7. The highest BCUT2D eigenvalue weighted by molar-refractivity contribution is 8.50. The smallest absolute Gasteiger partial charge is 0.298 e. The van der Waals surface area contributed by atoms with Crippen LogP contribution in [0.15, 0.2) is 0 Å². The van der Waals surface area contributed by atoms with Crippen LogP contribution in [0.3, 0.4) is 0 Å². The van der Waals surface area contributed by atoms with Gasteiger partial charge in [-0.1, -0.05) is 0 Å². The maximum atomic E-state index is 11.0. The first-order chi connectivity index (χ1) is 6.49. The fraction of sp³-hybridized carbons (Fsp3) is 1.00. The largest absolute Gasteiger partial charge is 0.585 e. The summed E-state index contributed by atoms with van der Waals surface area (Å²) in [5.74, 6) is 0.861. The molecular weight excluding hydrogens is 217 g/mol. The average Bonchev–Trinajstić information content (AvgIpc) is 2.10. The van der Waals surface area contributed by atoms with Gasteiger partial charge in [-0.05, 0) is 32.3 Å². The van der Waals surface area contributed by atoms with E-state index in [9.17, 15) is 4.57 Å². The van der Waals surface area contributed by atoms with E-state index in [1.807, 2.05) is 0 Å². The third-order valence-corrected chi connectivity index (χ3v) is 4.52. The Morgan fingerprint density at radius 1 is 1.29 bits per heavy atom. The van der Waals surface area contributed by atoms with Crippen LogP contribution in [0, 0.1) is 0 Å². The quantitative estimate of drug-likeness (QED) is 0.637. The van der Waals surface area contributed by atoms with Crippen LogP contribution in [-0.4, -0.2) is 36.4 Å². The van der Waals surface area contributed by atoms with Crippen LogP contribution in [-0.2, 0) is 9.09 Å². The lowest BCUT2D eigenvalue weighted by molar-refractivity contribution is 0.187. The molecule has 84 valence electrons. The Balaban J connectivity index is 3.78. The minimum Gasteiger partial charge on any atom is -0.298 e. The highest BCUT2D eigenvalue weighted by Gasteiger charge is 2.19. The molecular formula is C9H21NO2PS+. The van der Waals surface area contributed by atoms with Gasteiger partial charge >= 0.3 is 7.23 Å². The molecule has 0 saturated heterocycles. The summed E-state index contributed by atoms with van der Waals surface area (Å²) in [5, 5.41) is 0. The van der Waals surface area contributed by atoms with Crippen molar-refractivity contribution in [3.63, 3.8) is 0 Å². The minimum atomic E-state index is -1.51. The van der Waals surface area contributed by atoms with Crippen molar-refractivity contribution in [2.75, 3.05) is 19.4 Å². The van der Waals surface area contributed by atoms with E-state index in [-0.39, 0.29) is 0 Å². The fourth-order valence-electron chi connectivity index (χ4n) is 1.39. The zero-order chi connectivity index (χ0) is 11.1. The monoisotopic (exact) mass is 238 g/mol. The van der Waals surface area contributed by atoms with Gasteiger partial charge in [-0.3, -0.25) is 4.90 Å². The molecule has 0 heterocycles. The molecule has 0 spiro atoms. The molecule has 0 amide bonds. The summed E-state index contributed by atoms with van der Waals surface area (Å²) in [5.41, 5.74) is 0. The molecule has 1 unspecified atom stereocenters. The van der Waals surface area contributed by atoms with Crippen molar-refractivity contribution >= 4 is 18.6 Å². The Labute approximate surface area is 92.2 Å². The Morgan fingerprint density at radius 3 is 2.14 bits per heavy atom. The van der Waals surface area contributed by atoms with E-state index < -0.39 is 7.23 Å². The van der Waals surface area contributed by atoms with E-state index in [1.165, 1.54) is 18.5 Å². The summed E-state index contributed by atoms with van der Waals surface area (Å²) in [6.45, 7) is 9.69. The summed E-state index contributed by atoms with van der Waals surface area (Å²) in [4.78, 5) is 2.38. The second kappa shape index (κ2) is 7.63. The second-order valence-corrected chi connectivity index (χ2v) is 6.81. The first-order valence-electron chi connectivity index (χ1n) is 4.89. The molecule has 0 radical (unpaired) electrons. The van der Waals surface area contributed by atoms with Gasteiger partial charge in [-0.25, -0.2) is 0 Å². The van der Waals surface area contributed by atoms with E-state index >= 15 is 0 Å². The normalized spacial score (nSPS) is 13.0. The Morgan fingerprint density at radius 2 is 1.79 bits per heavy atom. The van der Waals surface area contributed by atoms with Gasteiger partial charge in [0, 0.05) is 18.6 Å². The lowest BCUT2D eigenvalue weighted by Gasteiger charge is -2.29. The maximum Gasteiger partial charge on any atom is 0.585 e. The van der Waals surface area contributed by atoms with Crippen molar-refractivity contribution in [2.24, 2.45) is 0 Å². The zero-order valence-electron chi connectivity index (χ0n) is 9.69. The van der Waals surface area contributed by atoms with Crippen LogP contribution in [0.1, 0.15) is 27.7 Å². The first-order valence-corrected chi connectivity index (χ1v) is 7.65. The molecule has 0 saturated carbocycles. The zero-order valence-corrected chi connectivity index (χ0v) is 11.4. The van der Waals surface area contributed by atoms with E-state index in [1.54, 1.807) is 0 Å². The third-order valence-electron chi connectivity index (χ3n) is 2.02. The molecule has 0 aliphatic heterocycles. The van der Waals surface area contributed by atoms with E-state index in [2.05, 4.69) is 32.6 Å². The lowest BCUT2D eigenvalue weighted by atomic mass is 10.2. The number of nitrogens with zero attached hydrogens (tertiary/aromatic N) is 1. The molecule has 0 aromatic heterocycles. The standard InChI is InChI=1S/C9H21NO2PS/c1-8(2)10(9(3)4)6-7-14-13(11)12-5/h8-9H,6-7H2,1-5H3/q+1. The summed E-state index contributed by atoms with van der Waals surface area (Å²) >= 11 is 1.38. The summed E-state index contributed by atoms with van der Waals surface area (Å²) in [7, 11) is -0.0270. The number of rotatable bonds is 7. The topological polar surface area (TPSA) is 29.5 Å². The molecule has 0 fully saturated rings. The highest BCUT2D eigenvalue weighted by atomic mass is 32.7. The second-order valence-electron chi connectivity index (χ2n) is 3.66. The predicted molar refractivity (Wildman–Crippen MR) is 64.1 cm³/mol. The van der Waals surface area contributed by atoms with Crippen molar-refractivity contribution in [1.29, 1.82) is 0 Å². The number of hydrogen-bond donors (Lipinski definition) is 0. The Hall–Kier alpha value is 0.370. The van der Waals surface area contributed by atoms with Crippen LogP contribution in [0.2, 0.25) is 0 Å². The average molecular weight is 238 g/mol. The van der Waals surface area contributed by atoms with Gasteiger partial charge in [0.1, 0.15) is 0 Å². The van der Waals surface area contributed by atoms with Crippen molar-refractivity contribution in [3.8, 4) is 0 Å². The minimum absolute atomic E-state index is 0.538. The molecule has 0 bridgehead atoms. The predicted octanol–water partition coefficient (Wildman–Crippen LogP) is 3.14. The summed E-state index contributed by atoms with van der Waals surface area (Å²) in [6.07, 6.45) is 0. The van der Waals surface area contributed by atoms with Gasteiger partial charge in [0.2, 0.25) is 0 Å². The Bertz CT molecular complexity index is 168. The molecule has 14 heavy (non-hydrogen) atoms. The van der Waals surface area contributed by atoms with Crippen molar-refractivity contribution in [3.05, 3.63) is 0 Å². The van der Waals surface area contributed by atoms with E-state index in [0.717, 1.165) is 12.3 Å². The molecule has 0 aromatic rings. The lowest BCUT2D eigenvalue weighted by Crippen LogP contribution is -2.38. The van der Waals surface area contributed by atoms with Crippen LogP contribution < -0.4 is 0 Å². The molecule has 0 aromatic carbocycles.